The molecule has 2 aromatic rings. The van der Waals surface area contributed by atoms with Gasteiger partial charge in [0.1, 0.15) is 17.1 Å². The number of benzene rings is 1. The van der Waals surface area contributed by atoms with Crippen LogP contribution in [0.2, 0.25) is 0 Å². The van der Waals surface area contributed by atoms with E-state index >= 15 is 0 Å². The molecule has 0 bridgehead atoms. The average molecular weight is 262 g/mol. The van der Waals surface area contributed by atoms with Gasteiger partial charge in [-0.3, -0.25) is 4.79 Å². The molecule has 7 heteroatoms. The molecule has 0 aliphatic carbocycles. The lowest BCUT2D eigenvalue weighted by Crippen LogP contribution is -2.30. The zero-order chi connectivity index (χ0) is 14.2. The third-order valence-corrected chi connectivity index (χ3v) is 2.89. The number of likely N-dealkylation sites (N-methyl/N-ethyl adjacent to an activating group) is 1. The highest BCUT2D eigenvalue weighted by Crippen LogP contribution is 2.20. The molecule has 0 saturated heterocycles. The van der Waals surface area contributed by atoms with Crippen molar-refractivity contribution in [2.24, 2.45) is 0 Å². The highest BCUT2D eigenvalue weighted by atomic mass is 16.4. The molecule has 1 amide bonds. The van der Waals surface area contributed by atoms with E-state index < -0.39 is 12.0 Å². The molecule has 19 heavy (non-hydrogen) atoms. The molecule has 0 spiro atoms. The fourth-order valence-corrected chi connectivity index (χ4v) is 1.92. The van der Waals surface area contributed by atoms with E-state index in [1.54, 1.807) is 33.2 Å². The van der Waals surface area contributed by atoms with Gasteiger partial charge in [0.2, 0.25) is 5.91 Å². The number of para-hydroxylation sites is 1. The van der Waals surface area contributed by atoms with E-state index in [0.717, 1.165) is 0 Å². The Labute approximate surface area is 109 Å². The second-order valence-electron chi connectivity index (χ2n) is 4.42. The highest BCUT2D eigenvalue weighted by molar-refractivity contribution is 6.01. The Hall–Kier alpha value is -2.44. The first-order valence-electron chi connectivity index (χ1n) is 5.72. The van der Waals surface area contributed by atoms with E-state index in [4.69, 9.17) is 0 Å². The van der Waals surface area contributed by atoms with Crippen LogP contribution in [0.3, 0.4) is 0 Å². The van der Waals surface area contributed by atoms with E-state index in [1.165, 1.54) is 15.6 Å². The number of rotatable bonds is 3. The fourth-order valence-electron chi connectivity index (χ4n) is 1.92. The lowest BCUT2D eigenvalue weighted by Gasteiger charge is -2.17. The van der Waals surface area contributed by atoms with Crippen LogP contribution in [0, 0.1) is 0 Å². The lowest BCUT2D eigenvalue weighted by molar-refractivity contribution is -0.131. The second-order valence-corrected chi connectivity index (χ2v) is 4.42. The van der Waals surface area contributed by atoms with Crippen molar-refractivity contribution in [2.75, 3.05) is 14.1 Å². The fraction of sp³-hybridized carbons (Fsp3) is 0.333. The molecule has 7 nitrogen and oxygen atoms in total. The van der Waals surface area contributed by atoms with Crippen LogP contribution in [0.4, 0.5) is 0 Å². The molecular weight excluding hydrogens is 248 g/mol. The zero-order valence-electron chi connectivity index (χ0n) is 10.9. The number of carboxylic acid groups (broad SMARTS) is 1. The SMILES string of the molecule is CC(C(=O)N(C)C)n1nnc2cccc(C(=O)O)c21. The largest absolute Gasteiger partial charge is 0.478 e. The quantitative estimate of drug-likeness (QED) is 0.883. The Morgan fingerprint density at radius 2 is 2.05 bits per heavy atom. The predicted octanol–water partition coefficient (Wildman–Crippen LogP) is 0.779. The summed E-state index contributed by atoms with van der Waals surface area (Å²) in [6.45, 7) is 1.66. The summed E-state index contributed by atoms with van der Waals surface area (Å²) >= 11 is 0. The summed E-state index contributed by atoms with van der Waals surface area (Å²) in [5.74, 6) is -1.24. The summed E-state index contributed by atoms with van der Waals surface area (Å²) in [6, 6.07) is 4.12. The van der Waals surface area contributed by atoms with Crippen LogP contribution < -0.4 is 0 Å². The first-order valence-corrected chi connectivity index (χ1v) is 5.72. The summed E-state index contributed by atoms with van der Waals surface area (Å²) in [5, 5.41) is 17.0. The smallest absolute Gasteiger partial charge is 0.337 e. The topological polar surface area (TPSA) is 88.3 Å². The van der Waals surface area contributed by atoms with E-state index in [2.05, 4.69) is 10.3 Å². The van der Waals surface area contributed by atoms with Crippen molar-refractivity contribution < 1.29 is 14.7 Å². The number of aromatic nitrogens is 3. The molecule has 1 unspecified atom stereocenters. The molecule has 2 rings (SSSR count). The molecule has 1 N–H and O–H groups in total. The number of hydrogen-bond donors (Lipinski definition) is 1. The molecule has 0 radical (unpaired) electrons. The standard InChI is InChI=1S/C12H14N4O3/c1-7(11(17)15(2)3)16-10-8(12(18)19)5-4-6-9(10)13-14-16/h4-7H,1-3H3,(H,18,19). The van der Waals surface area contributed by atoms with E-state index in [9.17, 15) is 14.7 Å². The number of carbonyl (C=O) groups is 2. The number of carboxylic acids is 1. The molecule has 1 atom stereocenters. The second kappa shape index (κ2) is 4.68. The summed E-state index contributed by atoms with van der Waals surface area (Å²) in [6.07, 6.45) is 0. The van der Waals surface area contributed by atoms with E-state index in [1.807, 2.05) is 0 Å². The normalized spacial score (nSPS) is 12.4. The minimum atomic E-state index is -1.07. The van der Waals surface area contributed by atoms with Gasteiger partial charge in [-0.05, 0) is 19.1 Å². The maximum Gasteiger partial charge on any atom is 0.337 e. The van der Waals surface area contributed by atoms with E-state index in [0.29, 0.717) is 11.0 Å². The first-order chi connectivity index (χ1) is 8.93. The number of nitrogens with zero attached hydrogens (tertiary/aromatic N) is 4. The van der Waals surface area contributed by atoms with Gasteiger partial charge < -0.3 is 10.0 Å². The van der Waals surface area contributed by atoms with E-state index in [-0.39, 0.29) is 11.5 Å². The van der Waals surface area contributed by atoms with Crippen molar-refractivity contribution in [3.63, 3.8) is 0 Å². The molecule has 100 valence electrons. The number of fused-ring (bicyclic) bond motifs is 1. The predicted molar refractivity (Wildman–Crippen MR) is 67.9 cm³/mol. The number of hydrogen-bond acceptors (Lipinski definition) is 4. The van der Waals surface area contributed by atoms with Crippen LogP contribution in [0.5, 0.6) is 0 Å². The highest BCUT2D eigenvalue weighted by Gasteiger charge is 2.23. The molecule has 0 aliphatic heterocycles. The molecule has 0 fully saturated rings. The maximum atomic E-state index is 12.0. The molecule has 1 aromatic heterocycles. The van der Waals surface area contributed by atoms with Crippen LogP contribution >= 0.6 is 0 Å². The Balaban J connectivity index is 2.62. The van der Waals surface area contributed by atoms with Gasteiger partial charge in [0.25, 0.3) is 0 Å². The summed E-state index contributed by atoms with van der Waals surface area (Å²) in [7, 11) is 3.27. The van der Waals surface area contributed by atoms with Crippen molar-refractivity contribution in [3.05, 3.63) is 23.8 Å². The minimum absolute atomic E-state index is 0.0842. The number of aromatic carboxylic acids is 1. The van der Waals surface area contributed by atoms with Crippen molar-refractivity contribution in [1.82, 2.24) is 19.9 Å². The third-order valence-electron chi connectivity index (χ3n) is 2.89. The van der Waals surface area contributed by atoms with Gasteiger partial charge in [0.05, 0.1) is 5.56 Å². The van der Waals surface area contributed by atoms with Gasteiger partial charge in [0.15, 0.2) is 0 Å². The van der Waals surface area contributed by atoms with Crippen LogP contribution in [-0.2, 0) is 4.79 Å². The van der Waals surface area contributed by atoms with Gasteiger partial charge in [-0.25, -0.2) is 9.48 Å². The maximum absolute atomic E-state index is 12.0. The van der Waals surface area contributed by atoms with Crippen LogP contribution in [0.1, 0.15) is 23.3 Å². The Bertz CT molecular complexity index is 647. The molecule has 0 saturated carbocycles. The zero-order valence-corrected chi connectivity index (χ0v) is 10.9. The Kier molecular flexibility index (Phi) is 3.20. The third kappa shape index (κ3) is 2.14. The van der Waals surface area contributed by atoms with Gasteiger partial charge in [0, 0.05) is 14.1 Å². The molecular formula is C12H14N4O3. The molecule has 1 aromatic carbocycles. The van der Waals surface area contributed by atoms with Crippen LogP contribution in [0.15, 0.2) is 18.2 Å². The van der Waals surface area contributed by atoms with Gasteiger partial charge in [-0.2, -0.15) is 0 Å². The van der Waals surface area contributed by atoms with Crippen LogP contribution in [0.25, 0.3) is 11.0 Å². The van der Waals surface area contributed by atoms with Crippen molar-refractivity contribution in [2.45, 2.75) is 13.0 Å². The van der Waals surface area contributed by atoms with Crippen molar-refractivity contribution in [3.8, 4) is 0 Å². The van der Waals surface area contributed by atoms with Gasteiger partial charge in [-0.15, -0.1) is 5.10 Å². The van der Waals surface area contributed by atoms with Crippen molar-refractivity contribution >= 4 is 22.9 Å². The Morgan fingerprint density at radius 3 is 2.63 bits per heavy atom. The van der Waals surface area contributed by atoms with Crippen molar-refractivity contribution in [1.29, 1.82) is 0 Å². The van der Waals surface area contributed by atoms with Gasteiger partial charge >= 0.3 is 5.97 Å². The molecule has 0 aliphatic rings. The van der Waals surface area contributed by atoms with Gasteiger partial charge in [-0.1, -0.05) is 11.3 Å². The monoisotopic (exact) mass is 262 g/mol. The summed E-state index contributed by atoms with van der Waals surface area (Å²) < 4.78 is 1.35. The molecule has 1 heterocycles. The lowest BCUT2D eigenvalue weighted by atomic mass is 10.1. The minimum Gasteiger partial charge on any atom is -0.478 e. The van der Waals surface area contributed by atoms with Crippen LogP contribution in [-0.4, -0.2) is 51.0 Å². The number of carbonyl (C=O) groups excluding carboxylic acids is 1. The average Bonchev–Trinajstić information content (AvgIpc) is 2.80. The Morgan fingerprint density at radius 1 is 1.37 bits per heavy atom. The number of amides is 1. The summed E-state index contributed by atoms with van der Waals surface area (Å²) in [4.78, 5) is 24.6. The first kappa shape index (κ1) is 13.0. The summed E-state index contributed by atoms with van der Waals surface area (Å²) in [5.41, 5.74) is 0.900.